The van der Waals surface area contributed by atoms with E-state index in [2.05, 4.69) is 55.7 Å². The number of hydrogen-bond donors (Lipinski definition) is 1. The molecule has 0 radical (unpaired) electrons. The van der Waals surface area contributed by atoms with Crippen molar-refractivity contribution in [2.45, 2.75) is 32.5 Å². The van der Waals surface area contributed by atoms with Gasteiger partial charge in [0.15, 0.2) is 10.2 Å². The molecule has 8 heteroatoms. The highest BCUT2D eigenvalue weighted by atomic mass is 32.1. The minimum absolute atomic E-state index is 0.00970. The number of nitrogens with one attached hydrogen (secondary N) is 1. The van der Waals surface area contributed by atoms with Crippen LogP contribution in [-0.4, -0.2) is 29.5 Å². The van der Waals surface area contributed by atoms with Crippen LogP contribution in [0.1, 0.15) is 40.3 Å². The highest BCUT2D eigenvalue weighted by molar-refractivity contribution is 7.80. The lowest BCUT2D eigenvalue weighted by Crippen LogP contribution is -2.29. The first kappa shape index (κ1) is 19.8. The Morgan fingerprint density at radius 1 is 1.06 bits per heavy atom. The van der Waals surface area contributed by atoms with Crippen LogP contribution in [0.5, 0.6) is 0 Å². The van der Waals surface area contributed by atoms with Gasteiger partial charge in [-0.1, -0.05) is 6.07 Å². The Morgan fingerprint density at radius 2 is 1.90 bits per heavy atom. The van der Waals surface area contributed by atoms with Gasteiger partial charge in [-0.2, -0.15) is 0 Å². The summed E-state index contributed by atoms with van der Waals surface area (Å²) >= 11 is 7.45. The molecule has 4 aromatic rings. The van der Waals surface area contributed by atoms with Gasteiger partial charge in [0.05, 0.1) is 17.8 Å². The lowest BCUT2D eigenvalue weighted by atomic mass is 9.96. The summed E-state index contributed by atoms with van der Waals surface area (Å²) in [5.41, 5.74) is 5.70. The van der Waals surface area contributed by atoms with Crippen molar-refractivity contribution in [1.82, 2.24) is 29.7 Å². The summed E-state index contributed by atoms with van der Waals surface area (Å²) in [4.78, 5) is 15.6. The van der Waals surface area contributed by atoms with Crippen LogP contribution in [0.4, 0.5) is 0 Å². The van der Waals surface area contributed by atoms with E-state index in [9.17, 15) is 0 Å². The van der Waals surface area contributed by atoms with E-state index >= 15 is 0 Å². The van der Waals surface area contributed by atoms with E-state index in [4.69, 9.17) is 12.2 Å². The van der Waals surface area contributed by atoms with E-state index in [0.29, 0.717) is 6.54 Å². The second kappa shape index (κ2) is 8.20. The van der Waals surface area contributed by atoms with E-state index in [-0.39, 0.29) is 12.1 Å². The van der Waals surface area contributed by atoms with Gasteiger partial charge in [0.1, 0.15) is 0 Å². The summed E-state index contributed by atoms with van der Waals surface area (Å²) in [7, 11) is 0. The number of aromatic nitrogens is 4. The van der Waals surface area contributed by atoms with Crippen molar-refractivity contribution >= 4 is 28.7 Å². The van der Waals surface area contributed by atoms with Crippen molar-refractivity contribution in [2.24, 2.45) is 0 Å². The Balaban J connectivity index is 1.62. The number of nitrogens with zero attached hydrogens (tertiary/aromatic N) is 5. The van der Waals surface area contributed by atoms with Crippen molar-refractivity contribution in [2.75, 3.05) is 0 Å². The quantitative estimate of drug-likeness (QED) is 0.455. The molecule has 0 unspecified atom stereocenters. The number of thiazole rings is 1. The van der Waals surface area contributed by atoms with Gasteiger partial charge in [-0.3, -0.25) is 14.5 Å². The Labute approximate surface area is 190 Å². The van der Waals surface area contributed by atoms with Crippen LogP contribution in [0.2, 0.25) is 0 Å². The average Bonchev–Trinajstić information content (AvgIpc) is 3.49. The molecule has 1 N–H and O–H groups in total. The zero-order valence-electron chi connectivity index (χ0n) is 17.3. The van der Waals surface area contributed by atoms with E-state index < -0.39 is 0 Å². The third-order valence-corrected chi connectivity index (χ3v) is 6.81. The summed E-state index contributed by atoms with van der Waals surface area (Å²) < 4.78 is 2.22. The molecule has 0 bridgehead atoms. The lowest BCUT2D eigenvalue weighted by Gasteiger charge is -2.28. The maximum atomic E-state index is 5.81. The lowest BCUT2D eigenvalue weighted by molar-refractivity contribution is 0.310. The molecule has 6 nitrogen and oxygen atoms in total. The van der Waals surface area contributed by atoms with Gasteiger partial charge in [-0.05, 0) is 67.5 Å². The molecular formula is C23H22N6S2. The standard InChI is InChI=1S/C23H22N6S2/c1-15-13-18(16(2)29(15)23-26-11-12-31-23)21-20(19-5-3-4-8-25-19)27-22(30)28(21)14-17-6-9-24-10-7-17/h3-13,20-21H,14H2,1-2H3,(H,27,30)/t20-,21-/m0/s1. The fourth-order valence-electron chi connectivity index (χ4n) is 4.31. The monoisotopic (exact) mass is 446 g/mol. The maximum Gasteiger partial charge on any atom is 0.193 e. The third kappa shape index (κ3) is 3.62. The van der Waals surface area contributed by atoms with Crippen LogP contribution in [0.25, 0.3) is 5.13 Å². The van der Waals surface area contributed by atoms with E-state index in [1.165, 1.54) is 16.8 Å². The summed E-state index contributed by atoms with van der Waals surface area (Å²) in [6.45, 7) is 4.98. The van der Waals surface area contributed by atoms with Gasteiger partial charge < -0.3 is 10.2 Å². The van der Waals surface area contributed by atoms with Crippen molar-refractivity contribution in [3.05, 3.63) is 94.8 Å². The maximum absolute atomic E-state index is 5.81. The summed E-state index contributed by atoms with van der Waals surface area (Å²) in [6.07, 6.45) is 7.32. The van der Waals surface area contributed by atoms with Crippen LogP contribution in [0.15, 0.2) is 66.6 Å². The van der Waals surface area contributed by atoms with Crippen molar-refractivity contribution in [3.63, 3.8) is 0 Å². The van der Waals surface area contributed by atoms with Gasteiger partial charge in [0.25, 0.3) is 0 Å². The molecular weight excluding hydrogens is 424 g/mol. The van der Waals surface area contributed by atoms with Gasteiger partial charge in [-0.25, -0.2) is 4.98 Å². The molecule has 0 aromatic carbocycles. The average molecular weight is 447 g/mol. The number of pyridine rings is 2. The number of aryl methyl sites for hydroxylation is 1. The number of thiocarbonyl (C=S) groups is 1. The highest BCUT2D eigenvalue weighted by Gasteiger charge is 2.41. The van der Waals surface area contributed by atoms with Crippen LogP contribution < -0.4 is 5.32 Å². The molecule has 0 spiro atoms. The smallest absolute Gasteiger partial charge is 0.193 e. The minimum atomic E-state index is -0.0409. The molecule has 5 heterocycles. The molecule has 0 aliphatic carbocycles. The molecule has 156 valence electrons. The predicted octanol–water partition coefficient (Wildman–Crippen LogP) is 4.51. The zero-order valence-corrected chi connectivity index (χ0v) is 18.9. The first-order valence-electron chi connectivity index (χ1n) is 10.1. The first-order chi connectivity index (χ1) is 15.1. The molecule has 2 atom stereocenters. The van der Waals surface area contributed by atoms with Gasteiger partial charge in [0.2, 0.25) is 0 Å². The molecule has 0 amide bonds. The fourth-order valence-corrected chi connectivity index (χ4v) is 5.36. The molecule has 31 heavy (non-hydrogen) atoms. The fraction of sp³-hybridized carbons (Fsp3) is 0.217. The Kier molecular flexibility index (Phi) is 5.25. The highest BCUT2D eigenvalue weighted by Crippen LogP contribution is 2.42. The summed E-state index contributed by atoms with van der Waals surface area (Å²) in [6, 6.07) is 12.3. The van der Waals surface area contributed by atoms with E-state index in [1.807, 2.05) is 54.4 Å². The zero-order chi connectivity index (χ0) is 21.4. The normalized spacial score (nSPS) is 18.4. The number of hydrogen-bond acceptors (Lipinski definition) is 5. The van der Waals surface area contributed by atoms with Crippen LogP contribution in [0, 0.1) is 13.8 Å². The summed E-state index contributed by atoms with van der Waals surface area (Å²) in [5, 5.41) is 7.25. The SMILES string of the molecule is Cc1cc([C@H]2[C@H](c3ccccn3)NC(=S)N2Cc2ccncc2)c(C)n1-c1nccs1. The molecule has 1 fully saturated rings. The summed E-state index contributed by atoms with van der Waals surface area (Å²) in [5.74, 6) is 0. The molecule has 4 aromatic heterocycles. The second-order valence-electron chi connectivity index (χ2n) is 7.59. The Bertz CT molecular complexity index is 1190. The van der Waals surface area contributed by atoms with Gasteiger partial charge in [-0.15, -0.1) is 11.3 Å². The van der Waals surface area contributed by atoms with Gasteiger partial charge in [0, 0.05) is 48.1 Å². The molecule has 1 aliphatic heterocycles. The molecule has 5 rings (SSSR count). The van der Waals surface area contributed by atoms with Crippen LogP contribution >= 0.6 is 23.6 Å². The number of rotatable bonds is 5. The first-order valence-corrected chi connectivity index (χ1v) is 11.4. The van der Waals surface area contributed by atoms with Crippen molar-refractivity contribution < 1.29 is 0 Å². The van der Waals surface area contributed by atoms with Crippen LogP contribution in [0.3, 0.4) is 0 Å². The predicted molar refractivity (Wildman–Crippen MR) is 126 cm³/mol. The third-order valence-electron chi connectivity index (χ3n) is 5.70. The van der Waals surface area contributed by atoms with E-state index in [0.717, 1.165) is 21.6 Å². The topological polar surface area (TPSA) is 58.9 Å². The largest absolute Gasteiger partial charge is 0.352 e. The molecule has 1 aliphatic rings. The second-order valence-corrected chi connectivity index (χ2v) is 8.85. The van der Waals surface area contributed by atoms with E-state index in [1.54, 1.807) is 11.3 Å². The Hall–Kier alpha value is -3.10. The van der Waals surface area contributed by atoms with Crippen LogP contribution in [-0.2, 0) is 6.54 Å². The molecule has 0 saturated carbocycles. The van der Waals surface area contributed by atoms with Crippen molar-refractivity contribution in [1.29, 1.82) is 0 Å². The minimum Gasteiger partial charge on any atom is -0.352 e. The van der Waals surface area contributed by atoms with Crippen molar-refractivity contribution in [3.8, 4) is 5.13 Å². The van der Waals surface area contributed by atoms with Gasteiger partial charge >= 0.3 is 0 Å². The molecule has 1 saturated heterocycles. The Morgan fingerprint density at radius 3 is 2.61 bits per heavy atom.